The van der Waals surface area contributed by atoms with Gasteiger partial charge >= 0.3 is 0 Å². The van der Waals surface area contributed by atoms with Crippen molar-refractivity contribution in [2.24, 2.45) is 10.9 Å². The van der Waals surface area contributed by atoms with Crippen LogP contribution in [0.25, 0.3) is 0 Å². The van der Waals surface area contributed by atoms with E-state index in [1.165, 1.54) is 0 Å². The normalized spacial score (nSPS) is 14.8. The van der Waals surface area contributed by atoms with E-state index in [1.807, 2.05) is 38.1 Å². The molecular formula is C19H31IN4O2. The number of halogens is 1. The van der Waals surface area contributed by atoms with Crippen molar-refractivity contribution < 1.29 is 9.53 Å². The number of carbonyl (C=O) groups excluding carboxylic acids is 1. The van der Waals surface area contributed by atoms with E-state index in [0.717, 1.165) is 30.5 Å². The van der Waals surface area contributed by atoms with Crippen LogP contribution in [0, 0.1) is 5.92 Å². The topological polar surface area (TPSA) is 74.8 Å². The molecule has 0 saturated heterocycles. The Kier molecular flexibility index (Phi) is 9.35. The number of anilines is 1. The quantitative estimate of drug-likeness (QED) is 0.323. The second-order valence-electron chi connectivity index (χ2n) is 7.06. The van der Waals surface area contributed by atoms with Crippen LogP contribution >= 0.6 is 24.0 Å². The van der Waals surface area contributed by atoms with Gasteiger partial charge in [0.05, 0.1) is 5.60 Å². The number of methoxy groups -OCH3 is 1. The highest BCUT2D eigenvalue weighted by Crippen LogP contribution is 2.27. The van der Waals surface area contributed by atoms with Gasteiger partial charge in [0.15, 0.2) is 5.96 Å². The van der Waals surface area contributed by atoms with Gasteiger partial charge in [0.1, 0.15) is 0 Å². The number of nitrogens with one attached hydrogen (secondary N) is 3. The molecule has 2 rings (SSSR count). The fourth-order valence-electron chi connectivity index (χ4n) is 2.45. The first-order chi connectivity index (χ1) is 11.9. The fraction of sp³-hybridized carbons (Fsp3) is 0.579. The maximum absolute atomic E-state index is 12.1. The number of aliphatic imine (C=N–C) groups is 1. The number of hydrogen-bond donors (Lipinski definition) is 3. The van der Waals surface area contributed by atoms with Crippen LogP contribution in [0.15, 0.2) is 29.3 Å². The number of carbonyl (C=O) groups is 1. The second kappa shape index (κ2) is 10.7. The Morgan fingerprint density at radius 2 is 2.04 bits per heavy atom. The van der Waals surface area contributed by atoms with Crippen LogP contribution < -0.4 is 16.0 Å². The summed E-state index contributed by atoms with van der Waals surface area (Å²) >= 11 is 0. The molecule has 146 valence electrons. The molecular weight excluding hydrogens is 443 g/mol. The standard InChI is InChI=1S/C19H30N4O2.HI/c1-19(2,25-4)13-22-18(20-3)21-12-14-7-5-10-16(11-14)23-17(24)15-8-6-9-15;/h5,7,10-11,15H,6,8-9,12-13H2,1-4H3,(H,23,24)(H2,20,21,22);1H. The van der Waals surface area contributed by atoms with Crippen LogP contribution in [0.2, 0.25) is 0 Å². The number of guanidine groups is 1. The number of hydrogen-bond acceptors (Lipinski definition) is 3. The van der Waals surface area contributed by atoms with E-state index in [-0.39, 0.29) is 41.4 Å². The molecule has 1 aromatic carbocycles. The van der Waals surface area contributed by atoms with Gasteiger partial charge in [-0.15, -0.1) is 24.0 Å². The average molecular weight is 474 g/mol. The highest BCUT2D eigenvalue weighted by Gasteiger charge is 2.25. The van der Waals surface area contributed by atoms with Gasteiger partial charge in [-0.1, -0.05) is 18.6 Å². The smallest absolute Gasteiger partial charge is 0.227 e. The Hall–Kier alpha value is -1.35. The van der Waals surface area contributed by atoms with E-state index in [9.17, 15) is 4.79 Å². The van der Waals surface area contributed by atoms with Gasteiger partial charge in [0, 0.05) is 38.9 Å². The molecule has 0 heterocycles. The van der Waals surface area contributed by atoms with Gasteiger partial charge in [0.2, 0.25) is 5.91 Å². The zero-order valence-corrected chi connectivity index (χ0v) is 18.4. The highest BCUT2D eigenvalue weighted by atomic mass is 127. The van der Waals surface area contributed by atoms with Crippen molar-refractivity contribution in [3.63, 3.8) is 0 Å². The van der Waals surface area contributed by atoms with E-state index in [1.54, 1.807) is 14.2 Å². The minimum absolute atomic E-state index is 0. The molecule has 6 nitrogen and oxygen atoms in total. The predicted octanol–water partition coefficient (Wildman–Crippen LogP) is 3.13. The lowest BCUT2D eigenvalue weighted by molar-refractivity contribution is -0.122. The van der Waals surface area contributed by atoms with Crippen molar-refractivity contribution in [2.75, 3.05) is 26.0 Å². The van der Waals surface area contributed by atoms with E-state index in [4.69, 9.17) is 4.74 Å². The first-order valence-electron chi connectivity index (χ1n) is 8.83. The molecule has 1 aromatic rings. The van der Waals surface area contributed by atoms with E-state index < -0.39 is 0 Å². The molecule has 26 heavy (non-hydrogen) atoms. The van der Waals surface area contributed by atoms with Crippen molar-refractivity contribution in [1.82, 2.24) is 10.6 Å². The van der Waals surface area contributed by atoms with Crippen LogP contribution in [-0.4, -0.2) is 38.2 Å². The van der Waals surface area contributed by atoms with E-state index >= 15 is 0 Å². The van der Waals surface area contributed by atoms with Crippen molar-refractivity contribution in [3.05, 3.63) is 29.8 Å². The predicted molar refractivity (Wildman–Crippen MR) is 117 cm³/mol. The third-order valence-corrected chi connectivity index (χ3v) is 4.59. The summed E-state index contributed by atoms with van der Waals surface area (Å²) in [4.78, 5) is 16.3. The van der Waals surface area contributed by atoms with Gasteiger partial charge in [-0.05, 0) is 44.4 Å². The molecule has 0 aliphatic heterocycles. The van der Waals surface area contributed by atoms with Crippen LogP contribution in [-0.2, 0) is 16.1 Å². The first kappa shape index (κ1) is 22.7. The molecule has 1 aliphatic rings. The van der Waals surface area contributed by atoms with Crippen molar-refractivity contribution in [1.29, 1.82) is 0 Å². The average Bonchev–Trinajstić information content (AvgIpc) is 2.53. The summed E-state index contributed by atoms with van der Waals surface area (Å²) in [5, 5.41) is 9.54. The van der Waals surface area contributed by atoms with Gasteiger partial charge in [-0.25, -0.2) is 0 Å². The SMILES string of the molecule is CN=C(NCc1cccc(NC(=O)C2CCC2)c1)NCC(C)(C)OC.I. The lowest BCUT2D eigenvalue weighted by Crippen LogP contribution is -2.45. The van der Waals surface area contributed by atoms with Crippen LogP contribution in [0.5, 0.6) is 0 Å². The number of amides is 1. The molecule has 0 bridgehead atoms. The fourth-order valence-corrected chi connectivity index (χ4v) is 2.45. The van der Waals surface area contributed by atoms with Crippen molar-refractivity contribution >= 4 is 41.5 Å². The molecule has 0 spiro atoms. The maximum Gasteiger partial charge on any atom is 0.227 e. The molecule has 0 atom stereocenters. The maximum atomic E-state index is 12.1. The molecule has 7 heteroatoms. The largest absolute Gasteiger partial charge is 0.377 e. The Morgan fingerprint density at radius 3 is 2.62 bits per heavy atom. The summed E-state index contributed by atoms with van der Waals surface area (Å²) in [5.41, 5.74) is 1.67. The summed E-state index contributed by atoms with van der Waals surface area (Å²) in [6.07, 6.45) is 3.17. The van der Waals surface area contributed by atoms with Crippen molar-refractivity contribution in [3.8, 4) is 0 Å². The van der Waals surface area contributed by atoms with Crippen LogP contribution in [0.1, 0.15) is 38.7 Å². The molecule has 3 N–H and O–H groups in total. The Labute approximate surface area is 173 Å². The zero-order chi connectivity index (χ0) is 18.3. The van der Waals surface area contributed by atoms with Crippen LogP contribution in [0.3, 0.4) is 0 Å². The molecule has 0 unspecified atom stereocenters. The number of nitrogens with zero attached hydrogens (tertiary/aromatic N) is 1. The van der Waals surface area contributed by atoms with Gasteiger partial charge in [-0.2, -0.15) is 0 Å². The van der Waals surface area contributed by atoms with Gasteiger partial charge in [-0.3, -0.25) is 9.79 Å². The second-order valence-corrected chi connectivity index (χ2v) is 7.06. The van der Waals surface area contributed by atoms with E-state index in [2.05, 4.69) is 20.9 Å². The van der Waals surface area contributed by atoms with E-state index in [0.29, 0.717) is 19.0 Å². The number of ether oxygens (including phenoxy) is 1. The minimum atomic E-state index is -0.261. The summed E-state index contributed by atoms with van der Waals surface area (Å²) in [6, 6.07) is 7.90. The molecule has 0 radical (unpaired) electrons. The monoisotopic (exact) mass is 474 g/mol. The molecule has 1 amide bonds. The lowest BCUT2D eigenvalue weighted by Gasteiger charge is -2.24. The minimum Gasteiger partial charge on any atom is -0.377 e. The third-order valence-electron chi connectivity index (χ3n) is 4.59. The lowest BCUT2D eigenvalue weighted by atomic mass is 9.85. The van der Waals surface area contributed by atoms with Gasteiger partial charge < -0.3 is 20.7 Å². The molecule has 1 fully saturated rings. The molecule has 1 saturated carbocycles. The first-order valence-corrected chi connectivity index (χ1v) is 8.83. The Bertz CT molecular complexity index is 615. The molecule has 0 aromatic heterocycles. The summed E-state index contributed by atoms with van der Waals surface area (Å²) in [5.74, 6) is 1.04. The summed E-state index contributed by atoms with van der Waals surface area (Å²) in [7, 11) is 3.44. The van der Waals surface area contributed by atoms with Gasteiger partial charge in [0.25, 0.3) is 0 Å². The Morgan fingerprint density at radius 1 is 1.31 bits per heavy atom. The number of rotatable bonds is 7. The van der Waals surface area contributed by atoms with Crippen molar-refractivity contribution in [2.45, 2.75) is 45.3 Å². The van der Waals surface area contributed by atoms with Crippen LogP contribution in [0.4, 0.5) is 5.69 Å². The molecule has 1 aliphatic carbocycles. The summed E-state index contributed by atoms with van der Waals surface area (Å²) < 4.78 is 5.40. The summed E-state index contributed by atoms with van der Waals surface area (Å²) in [6.45, 7) is 5.31. The highest BCUT2D eigenvalue weighted by molar-refractivity contribution is 14.0. The number of benzene rings is 1. The zero-order valence-electron chi connectivity index (χ0n) is 16.1. The third kappa shape index (κ3) is 7.11. The Balaban J connectivity index is 0.00000338.